The van der Waals surface area contributed by atoms with Crippen molar-refractivity contribution in [1.82, 2.24) is 4.90 Å². The van der Waals surface area contributed by atoms with Gasteiger partial charge in [-0.2, -0.15) is 13.2 Å². The summed E-state index contributed by atoms with van der Waals surface area (Å²) in [6.07, 6.45) is -2.85. The monoisotopic (exact) mass is 418 g/mol. The minimum Gasteiger partial charge on any atom is -0.378 e. The highest BCUT2D eigenvalue weighted by Crippen LogP contribution is 2.51. The van der Waals surface area contributed by atoms with E-state index in [1.54, 1.807) is 6.07 Å². The maximum absolute atomic E-state index is 13.4. The molecule has 1 saturated heterocycles. The zero-order valence-electron chi connectivity index (χ0n) is 17.5. The minimum absolute atomic E-state index is 0.0230. The van der Waals surface area contributed by atoms with E-state index in [1.807, 2.05) is 18.2 Å². The molecule has 162 valence electrons. The van der Waals surface area contributed by atoms with E-state index in [9.17, 15) is 13.2 Å². The third-order valence-electron chi connectivity index (χ3n) is 6.49. The summed E-state index contributed by atoms with van der Waals surface area (Å²) in [5.74, 6) is 0.0938. The Hall–Kier alpha value is -2.05. The molecule has 2 aliphatic rings. The average Bonchev–Trinajstić information content (AvgIpc) is 2.76. The molecular weight excluding hydrogens is 389 g/mol. The molecule has 2 aromatic carbocycles. The number of halogens is 3. The number of benzene rings is 2. The van der Waals surface area contributed by atoms with Gasteiger partial charge in [-0.1, -0.05) is 44.2 Å². The third kappa shape index (κ3) is 4.21. The van der Waals surface area contributed by atoms with Gasteiger partial charge in [0.15, 0.2) is 0 Å². The molecule has 0 spiro atoms. The molecule has 2 heterocycles. The van der Waals surface area contributed by atoms with Gasteiger partial charge < -0.3 is 15.0 Å². The number of hydrogen-bond acceptors (Lipinski definition) is 3. The Labute approximate surface area is 176 Å². The van der Waals surface area contributed by atoms with Gasteiger partial charge in [0.2, 0.25) is 0 Å². The fourth-order valence-corrected chi connectivity index (χ4v) is 4.83. The van der Waals surface area contributed by atoms with Crippen LogP contribution in [0, 0.1) is 5.92 Å². The Kier molecular flexibility index (Phi) is 6.07. The van der Waals surface area contributed by atoms with Crippen LogP contribution in [0.15, 0.2) is 48.5 Å². The Morgan fingerprint density at radius 3 is 2.43 bits per heavy atom. The normalized spacial score (nSPS) is 26.1. The van der Waals surface area contributed by atoms with Gasteiger partial charge in [-0.15, -0.1) is 0 Å². The molecule has 2 aromatic rings. The van der Waals surface area contributed by atoms with Crippen LogP contribution in [0.4, 0.5) is 18.9 Å². The summed E-state index contributed by atoms with van der Waals surface area (Å²) < 4.78 is 46.7. The van der Waals surface area contributed by atoms with Crippen LogP contribution in [0.5, 0.6) is 0 Å². The van der Waals surface area contributed by atoms with Crippen molar-refractivity contribution in [3.05, 3.63) is 65.2 Å². The highest BCUT2D eigenvalue weighted by Gasteiger charge is 2.43. The van der Waals surface area contributed by atoms with Crippen molar-refractivity contribution in [2.75, 3.05) is 25.0 Å². The molecular formula is C24H29F3N2O. The first-order valence-corrected chi connectivity index (χ1v) is 10.8. The lowest BCUT2D eigenvalue weighted by molar-refractivity contribution is -0.138. The summed E-state index contributed by atoms with van der Waals surface area (Å²) in [4.78, 5) is 2.31. The summed E-state index contributed by atoms with van der Waals surface area (Å²) >= 11 is 0. The lowest BCUT2D eigenvalue weighted by Gasteiger charge is -2.46. The van der Waals surface area contributed by atoms with Gasteiger partial charge >= 0.3 is 6.18 Å². The second kappa shape index (κ2) is 8.60. The maximum Gasteiger partial charge on any atom is 0.416 e. The molecule has 0 aromatic heterocycles. The fraction of sp³-hybridized carbons (Fsp3) is 0.500. The minimum atomic E-state index is -4.36. The molecule has 2 aliphatic heterocycles. The number of anilines is 1. The molecule has 0 unspecified atom stereocenters. The van der Waals surface area contributed by atoms with Crippen molar-refractivity contribution in [2.45, 2.75) is 51.1 Å². The van der Waals surface area contributed by atoms with Gasteiger partial charge in [0.25, 0.3) is 0 Å². The number of nitrogens with zero attached hydrogens (tertiary/aromatic N) is 1. The second-order valence-electron chi connectivity index (χ2n) is 8.24. The van der Waals surface area contributed by atoms with Crippen LogP contribution in [0.2, 0.25) is 0 Å². The smallest absolute Gasteiger partial charge is 0.378 e. The van der Waals surface area contributed by atoms with Crippen LogP contribution >= 0.6 is 0 Å². The van der Waals surface area contributed by atoms with Crippen molar-refractivity contribution < 1.29 is 17.9 Å². The molecule has 0 radical (unpaired) electrons. The van der Waals surface area contributed by atoms with Crippen LogP contribution in [0.1, 0.15) is 55.5 Å². The van der Waals surface area contributed by atoms with E-state index in [-0.39, 0.29) is 24.2 Å². The Morgan fingerprint density at radius 1 is 1.03 bits per heavy atom. The van der Waals surface area contributed by atoms with Gasteiger partial charge in [0.05, 0.1) is 23.8 Å². The first kappa shape index (κ1) is 21.2. The topological polar surface area (TPSA) is 24.5 Å². The van der Waals surface area contributed by atoms with Gasteiger partial charge in [-0.3, -0.25) is 0 Å². The Balaban J connectivity index is 1.69. The zero-order valence-corrected chi connectivity index (χ0v) is 17.5. The highest BCUT2D eigenvalue weighted by molar-refractivity contribution is 5.58. The first-order chi connectivity index (χ1) is 14.4. The van der Waals surface area contributed by atoms with Crippen molar-refractivity contribution in [2.24, 2.45) is 5.92 Å². The molecule has 0 amide bonds. The second-order valence-corrected chi connectivity index (χ2v) is 8.24. The predicted molar refractivity (Wildman–Crippen MR) is 112 cm³/mol. The van der Waals surface area contributed by atoms with E-state index >= 15 is 0 Å². The number of rotatable bonds is 5. The van der Waals surface area contributed by atoms with E-state index in [0.29, 0.717) is 5.56 Å². The third-order valence-corrected chi connectivity index (χ3v) is 6.49. The predicted octanol–water partition coefficient (Wildman–Crippen LogP) is 6.05. The van der Waals surface area contributed by atoms with Gasteiger partial charge in [-0.25, -0.2) is 0 Å². The maximum atomic E-state index is 13.4. The van der Waals surface area contributed by atoms with E-state index in [2.05, 4.69) is 36.2 Å². The van der Waals surface area contributed by atoms with Crippen LogP contribution in [-0.4, -0.2) is 30.6 Å². The molecule has 30 heavy (non-hydrogen) atoms. The first-order valence-electron chi connectivity index (χ1n) is 10.8. The number of fused-ring (bicyclic) bond motifs is 3. The number of likely N-dealkylation sites (N-methyl/N-ethyl adjacent to an activating group) is 1. The molecule has 4 atom stereocenters. The van der Waals surface area contributed by atoms with Gasteiger partial charge in [0, 0.05) is 23.7 Å². The average molecular weight is 419 g/mol. The number of nitrogens with one attached hydrogen (secondary N) is 1. The zero-order chi connectivity index (χ0) is 21.3. The lowest BCUT2D eigenvalue weighted by Crippen LogP contribution is -2.43. The quantitative estimate of drug-likeness (QED) is 0.640. The summed E-state index contributed by atoms with van der Waals surface area (Å²) in [5.41, 5.74) is 1.89. The molecule has 6 heteroatoms. The molecule has 0 bridgehead atoms. The van der Waals surface area contributed by atoms with Crippen molar-refractivity contribution in [3.63, 3.8) is 0 Å². The SMILES string of the molecule is CCN(CC)C[C@H]1CC[C@@H]2[C@H](O1)c1cc(C(F)(F)F)ccc1N[C@H]2c1ccccc1. The molecule has 3 nitrogen and oxygen atoms in total. The van der Waals surface area contributed by atoms with Gasteiger partial charge in [-0.05, 0) is 49.7 Å². The van der Waals surface area contributed by atoms with E-state index < -0.39 is 11.7 Å². The van der Waals surface area contributed by atoms with E-state index in [1.165, 1.54) is 6.07 Å². The summed E-state index contributed by atoms with van der Waals surface area (Å²) in [5, 5.41) is 3.51. The highest BCUT2D eigenvalue weighted by atomic mass is 19.4. The molecule has 0 saturated carbocycles. The summed E-state index contributed by atoms with van der Waals surface area (Å²) in [6, 6.07) is 14.1. The standard InChI is InChI=1S/C24H29F3N2O/c1-3-29(4-2)15-18-11-12-19-22(16-8-6-5-7-9-16)28-21-13-10-17(24(25,26)27)14-20(21)23(19)30-18/h5-10,13-14,18-19,22-23,28H,3-4,11-12,15H2,1-2H3/t18-,19+,22+,23+/m1/s1. The fourth-order valence-electron chi connectivity index (χ4n) is 4.83. The van der Waals surface area contributed by atoms with Crippen LogP contribution in [-0.2, 0) is 10.9 Å². The molecule has 1 N–H and O–H groups in total. The Bertz CT molecular complexity index is 851. The number of alkyl halides is 3. The molecule has 0 aliphatic carbocycles. The largest absolute Gasteiger partial charge is 0.416 e. The van der Waals surface area contributed by atoms with Gasteiger partial charge in [0.1, 0.15) is 0 Å². The van der Waals surface area contributed by atoms with E-state index in [0.717, 1.165) is 49.8 Å². The van der Waals surface area contributed by atoms with Crippen LogP contribution in [0.3, 0.4) is 0 Å². The van der Waals surface area contributed by atoms with Crippen molar-refractivity contribution >= 4 is 5.69 Å². The van der Waals surface area contributed by atoms with Crippen LogP contribution in [0.25, 0.3) is 0 Å². The van der Waals surface area contributed by atoms with Crippen LogP contribution < -0.4 is 5.32 Å². The van der Waals surface area contributed by atoms with Crippen molar-refractivity contribution in [3.8, 4) is 0 Å². The Morgan fingerprint density at radius 2 is 1.77 bits per heavy atom. The summed E-state index contributed by atoms with van der Waals surface area (Å²) in [6.45, 7) is 6.93. The summed E-state index contributed by atoms with van der Waals surface area (Å²) in [7, 11) is 0. The number of hydrogen-bond donors (Lipinski definition) is 1. The van der Waals surface area contributed by atoms with E-state index in [4.69, 9.17) is 4.74 Å². The van der Waals surface area contributed by atoms with Crippen molar-refractivity contribution in [1.29, 1.82) is 0 Å². The number of ether oxygens (including phenoxy) is 1. The molecule has 4 rings (SSSR count). The molecule has 1 fully saturated rings. The lowest BCUT2D eigenvalue weighted by atomic mass is 9.76.